The zero-order valence-electron chi connectivity index (χ0n) is 15.2. The van der Waals surface area contributed by atoms with E-state index >= 15 is 0 Å². The highest BCUT2D eigenvalue weighted by molar-refractivity contribution is 5.94. The average molecular weight is 360 g/mol. The monoisotopic (exact) mass is 360 g/mol. The molecule has 0 saturated carbocycles. The minimum Gasteiger partial charge on any atom is -0.352 e. The van der Waals surface area contributed by atoms with Crippen molar-refractivity contribution in [2.45, 2.75) is 12.8 Å². The van der Waals surface area contributed by atoms with E-state index in [0.717, 1.165) is 54.6 Å². The van der Waals surface area contributed by atoms with Gasteiger partial charge in [0.1, 0.15) is 0 Å². The Morgan fingerprint density at radius 1 is 1.07 bits per heavy atom. The van der Waals surface area contributed by atoms with Crippen LogP contribution in [0.3, 0.4) is 0 Å². The highest BCUT2D eigenvalue weighted by Crippen LogP contribution is 2.18. The number of aromatic nitrogens is 2. The van der Waals surface area contributed by atoms with Crippen molar-refractivity contribution in [1.29, 1.82) is 0 Å². The lowest BCUT2D eigenvalue weighted by atomic mass is 9.98. The second kappa shape index (κ2) is 8.18. The molecule has 27 heavy (non-hydrogen) atoms. The van der Waals surface area contributed by atoms with E-state index in [4.69, 9.17) is 0 Å². The number of fused-ring (bicyclic) bond motifs is 1. The molecular weight excluding hydrogens is 336 g/mol. The minimum atomic E-state index is 0.00218. The molecule has 1 saturated heterocycles. The number of hydrogen-bond donors (Lipinski definition) is 3. The Hall–Kier alpha value is -2.92. The third-order valence-corrected chi connectivity index (χ3v) is 5.12. The normalized spacial score (nSPS) is 15.4. The summed E-state index contributed by atoms with van der Waals surface area (Å²) < 4.78 is 0. The number of piperidine rings is 1. The molecule has 0 atom stereocenters. The van der Waals surface area contributed by atoms with Gasteiger partial charge in [-0.3, -0.25) is 9.89 Å². The molecule has 5 nitrogen and oxygen atoms in total. The van der Waals surface area contributed by atoms with Gasteiger partial charge in [0.2, 0.25) is 0 Å². The fourth-order valence-electron chi connectivity index (χ4n) is 3.46. The molecule has 0 aliphatic carbocycles. The SMILES string of the molecule is O=C(NCC1CCNCC1)c1ccc(/C=C/c2n[nH]c3ccccc23)cc1. The van der Waals surface area contributed by atoms with Gasteiger partial charge in [-0.05, 0) is 61.7 Å². The summed E-state index contributed by atoms with van der Waals surface area (Å²) in [7, 11) is 0. The molecule has 5 heteroatoms. The van der Waals surface area contributed by atoms with Crippen LogP contribution < -0.4 is 10.6 Å². The minimum absolute atomic E-state index is 0.00218. The Balaban J connectivity index is 1.37. The Kier molecular flexibility index (Phi) is 5.30. The van der Waals surface area contributed by atoms with Gasteiger partial charge in [0, 0.05) is 17.5 Å². The van der Waals surface area contributed by atoms with Gasteiger partial charge in [-0.2, -0.15) is 5.10 Å². The van der Waals surface area contributed by atoms with Crippen LogP contribution in [-0.2, 0) is 0 Å². The summed E-state index contributed by atoms with van der Waals surface area (Å²) in [4.78, 5) is 12.3. The number of carbonyl (C=O) groups excluding carboxylic acids is 1. The maximum atomic E-state index is 12.3. The molecule has 1 aliphatic heterocycles. The summed E-state index contributed by atoms with van der Waals surface area (Å²) in [6.45, 7) is 2.86. The zero-order valence-corrected chi connectivity index (χ0v) is 15.2. The number of hydrogen-bond acceptors (Lipinski definition) is 3. The second-order valence-electron chi connectivity index (χ2n) is 7.01. The Morgan fingerprint density at radius 3 is 2.67 bits per heavy atom. The van der Waals surface area contributed by atoms with Crippen LogP contribution in [0.5, 0.6) is 0 Å². The molecule has 2 aromatic carbocycles. The lowest BCUT2D eigenvalue weighted by Gasteiger charge is -2.22. The van der Waals surface area contributed by atoms with Crippen molar-refractivity contribution in [2.24, 2.45) is 5.92 Å². The molecule has 3 aromatic rings. The largest absolute Gasteiger partial charge is 0.352 e. The fourth-order valence-corrected chi connectivity index (χ4v) is 3.46. The lowest BCUT2D eigenvalue weighted by Crippen LogP contribution is -2.35. The maximum absolute atomic E-state index is 12.3. The first-order chi connectivity index (χ1) is 13.3. The maximum Gasteiger partial charge on any atom is 0.251 e. The van der Waals surface area contributed by atoms with E-state index in [-0.39, 0.29) is 5.91 Å². The van der Waals surface area contributed by atoms with Crippen LogP contribution in [0.4, 0.5) is 0 Å². The molecule has 3 N–H and O–H groups in total. The van der Waals surface area contributed by atoms with Crippen LogP contribution in [-0.4, -0.2) is 35.7 Å². The summed E-state index contributed by atoms with van der Waals surface area (Å²) >= 11 is 0. The van der Waals surface area contributed by atoms with Crippen molar-refractivity contribution in [2.75, 3.05) is 19.6 Å². The van der Waals surface area contributed by atoms with Crippen LogP contribution in [0.2, 0.25) is 0 Å². The molecular formula is C22H24N4O. The van der Waals surface area contributed by atoms with Crippen LogP contribution in [0.1, 0.15) is 34.5 Å². The third kappa shape index (κ3) is 4.26. The quantitative estimate of drug-likeness (QED) is 0.653. The molecule has 0 bridgehead atoms. The van der Waals surface area contributed by atoms with Crippen molar-refractivity contribution in [3.8, 4) is 0 Å². The van der Waals surface area contributed by atoms with Gasteiger partial charge < -0.3 is 10.6 Å². The van der Waals surface area contributed by atoms with Gasteiger partial charge >= 0.3 is 0 Å². The Morgan fingerprint density at radius 2 is 1.85 bits per heavy atom. The number of para-hydroxylation sites is 1. The topological polar surface area (TPSA) is 69.8 Å². The molecule has 0 unspecified atom stereocenters. The fraction of sp³-hybridized carbons (Fsp3) is 0.273. The van der Waals surface area contributed by atoms with Crippen molar-refractivity contribution < 1.29 is 4.79 Å². The Bertz CT molecular complexity index is 936. The van der Waals surface area contributed by atoms with Crippen LogP contribution in [0.15, 0.2) is 48.5 Å². The molecule has 138 valence electrons. The molecule has 0 spiro atoms. The van der Waals surface area contributed by atoms with Gasteiger partial charge in [-0.15, -0.1) is 0 Å². The zero-order chi connectivity index (χ0) is 18.5. The molecule has 2 heterocycles. The van der Waals surface area contributed by atoms with E-state index in [1.54, 1.807) is 0 Å². The Labute approximate surface area is 158 Å². The van der Waals surface area contributed by atoms with E-state index in [1.165, 1.54) is 0 Å². The van der Waals surface area contributed by atoms with Gasteiger partial charge in [0.05, 0.1) is 11.2 Å². The summed E-state index contributed by atoms with van der Waals surface area (Å²) in [5.74, 6) is 0.587. The number of H-pyrrole nitrogens is 1. The predicted molar refractivity (Wildman–Crippen MR) is 109 cm³/mol. The summed E-state index contributed by atoms with van der Waals surface area (Å²) in [5, 5.41) is 14.9. The van der Waals surface area contributed by atoms with Crippen molar-refractivity contribution in [3.05, 3.63) is 65.4 Å². The number of rotatable bonds is 5. The first-order valence-electron chi connectivity index (χ1n) is 9.50. The van der Waals surface area contributed by atoms with Crippen molar-refractivity contribution in [1.82, 2.24) is 20.8 Å². The molecule has 1 aliphatic rings. The summed E-state index contributed by atoms with van der Waals surface area (Å²) in [6.07, 6.45) is 6.27. The van der Waals surface area contributed by atoms with Crippen LogP contribution in [0.25, 0.3) is 23.1 Å². The standard InChI is InChI=1S/C22H24N4O/c27-22(24-15-17-11-13-23-14-12-17)18-8-5-16(6-9-18)7-10-21-19-3-1-2-4-20(19)25-26-21/h1-10,17,23H,11-15H2,(H,24,27)(H,25,26)/b10-7+. The molecule has 1 fully saturated rings. The van der Waals surface area contributed by atoms with Gasteiger partial charge in [0.15, 0.2) is 0 Å². The number of aromatic amines is 1. The number of carbonyl (C=O) groups is 1. The summed E-state index contributed by atoms with van der Waals surface area (Å²) in [5.41, 5.74) is 3.68. The van der Waals surface area contributed by atoms with E-state index < -0.39 is 0 Å². The van der Waals surface area contributed by atoms with Gasteiger partial charge in [0.25, 0.3) is 5.91 Å². The van der Waals surface area contributed by atoms with E-state index in [1.807, 2.05) is 60.7 Å². The smallest absolute Gasteiger partial charge is 0.251 e. The highest BCUT2D eigenvalue weighted by atomic mass is 16.1. The first kappa shape index (κ1) is 17.5. The molecule has 4 rings (SSSR count). The molecule has 1 aromatic heterocycles. The van der Waals surface area contributed by atoms with E-state index in [0.29, 0.717) is 11.5 Å². The van der Waals surface area contributed by atoms with Crippen LogP contribution >= 0.6 is 0 Å². The van der Waals surface area contributed by atoms with Crippen molar-refractivity contribution in [3.63, 3.8) is 0 Å². The van der Waals surface area contributed by atoms with E-state index in [2.05, 4.69) is 20.8 Å². The predicted octanol–water partition coefficient (Wildman–Crippen LogP) is 3.46. The van der Waals surface area contributed by atoms with Gasteiger partial charge in [-0.1, -0.05) is 36.4 Å². The number of nitrogens with one attached hydrogen (secondary N) is 3. The first-order valence-corrected chi connectivity index (χ1v) is 9.50. The van der Waals surface area contributed by atoms with Crippen molar-refractivity contribution >= 4 is 29.0 Å². The number of benzene rings is 2. The average Bonchev–Trinajstić information content (AvgIpc) is 3.15. The summed E-state index contributed by atoms with van der Waals surface area (Å²) in [6, 6.07) is 15.7. The van der Waals surface area contributed by atoms with Gasteiger partial charge in [-0.25, -0.2) is 0 Å². The third-order valence-electron chi connectivity index (χ3n) is 5.12. The van der Waals surface area contributed by atoms with E-state index in [9.17, 15) is 4.79 Å². The van der Waals surface area contributed by atoms with Crippen LogP contribution in [0, 0.1) is 5.92 Å². The molecule has 1 amide bonds. The molecule has 0 radical (unpaired) electrons. The number of amides is 1. The lowest BCUT2D eigenvalue weighted by molar-refractivity contribution is 0.0944. The highest BCUT2D eigenvalue weighted by Gasteiger charge is 2.14. The number of nitrogens with zero attached hydrogens (tertiary/aromatic N) is 1. The second-order valence-corrected chi connectivity index (χ2v) is 7.01.